The normalized spacial score (nSPS) is 7.00. The van der Waals surface area contributed by atoms with Crippen LogP contribution < -0.4 is 3.53 Å². The summed E-state index contributed by atoms with van der Waals surface area (Å²) in [4.78, 5) is 12.1. The van der Waals surface area contributed by atoms with Crippen molar-refractivity contribution in [2.45, 2.75) is 0 Å². The highest BCUT2D eigenvalue weighted by Crippen LogP contribution is 1.77. The van der Waals surface area contributed by atoms with Gasteiger partial charge in [-0.15, -0.1) is 0 Å². The zero-order chi connectivity index (χ0) is 4.99. The van der Waals surface area contributed by atoms with Crippen molar-refractivity contribution in [2.24, 2.45) is 0 Å². The van der Waals surface area contributed by atoms with E-state index in [1.54, 1.807) is 0 Å². The first-order valence-corrected chi connectivity index (χ1v) is 2.08. The van der Waals surface area contributed by atoms with Crippen molar-refractivity contribution in [3.8, 4) is 0 Å². The third-order valence-electron chi connectivity index (χ3n) is 0.147. The van der Waals surface area contributed by atoms with E-state index in [0.717, 1.165) is 0 Å². The molecule has 0 atom stereocenters. The van der Waals surface area contributed by atoms with Gasteiger partial charge in [0.15, 0.2) is 0 Å². The molecular formula is CHFINO2. The fourth-order valence-corrected chi connectivity index (χ4v) is 0.0978. The smallest absolute Gasteiger partial charge is 0.261 e. The maximum Gasteiger partial charge on any atom is 0.453 e. The second-order valence-corrected chi connectivity index (χ2v) is 0.998. The first-order chi connectivity index (χ1) is 2.81. The Labute approximate surface area is 47.2 Å². The Morgan fingerprint density at radius 1 is 2.00 bits per heavy atom. The number of carbonyl (C=O) groups excluding carboxylic acids is 1. The van der Waals surface area contributed by atoms with E-state index in [1.807, 2.05) is 3.53 Å². The lowest BCUT2D eigenvalue weighted by Crippen LogP contribution is -2.07. The van der Waals surface area contributed by atoms with Gasteiger partial charge in [-0.1, -0.05) is 0 Å². The molecule has 5 heteroatoms. The number of halogens is 2. The van der Waals surface area contributed by atoms with E-state index in [1.165, 1.54) is 22.9 Å². The van der Waals surface area contributed by atoms with Crippen molar-refractivity contribution in [3.63, 3.8) is 0 Å². The monoisotopic (exact) mass is 205 g/mol. The van der Waals surface area contributed by atoms with Crippen LogP contribution in [-0.2, 0) is 4.94 Å². The summed E-state index contributed by atoms with van der Waals surface area (Å²) >= 11 is 1.45. The Morgan fingerprint density at radius 3 is 2.50 bits per heavy atom. The molecule has 6 heavy (non-hydrogen) atoms. The van der Waals surface area contributed by atoms with E-state index in [-0.39, 0.29) is 0 Å². The van der Waals surface area contributed by atoms with E-state index in [4.69, 9.17) is 0 Å². The molecule has 0 rings (SSSR count). The molecule has 0 fully saturated rings. The molecule has 0 saturated heterocycles. The van der Waals surface area contributed by atoms with Crippen LogP contribution in [-0.4, -0.2) is 6.09 Å². The average Bonchev–Trinajstić information content (AvgIpc) is 1.65. The van der Waals surface area contributed by atoms with Gasteiger partial charge in [0.25, 0.3) is 0 Å². The lowest BCUT2D eigenvalue weighted by Gasteiger charge is -1.81. The fraction of sp³-hybridized carbons (Fsp3) is 0. The minimum atomic E-state index is -1.09. The fourth-order valence-electron chi connectivity index (χ4n) is 0.0146. The largest absolute Gasteiger partial charge is 0.453 e. The van der Waals surface area contributed by atoms with Crippen LogP contribution in [0, 0.1) is 0 Å². The molecule has 0 aromatic rings. The van der Waals surface area contributed by atoms with Crippen LogP contribution in [0.5, 0.6) is 0 Å². The number of hydrogen-bond acceptors (Lipinski definition) is 2. The van der Waals surface area contributed by atoms with Gasteiger partial charge in [0.2, 0.25) is 0 Å². The molecule has 0 aromatic heterocycles. The molecule has 0 spiro atoms. The molecule has 1 N–H and O–H groups in total. The molecule has 0 heterocycles. The second kappa shape index (κ2) is 3.13. The quantitative estimate of drug-likeness (QED) is 0.472. The van der Waals surface area contributed by atoms with Gasteiger partial charge in [-0.25, -0.2) is 9.74 Å². The summed E-state index contributed by atoms with van der Waals surface area (Å²) < 4.78 is 12.3. The second-order valence-electron chi connectivity index (χ2n) is 0.459. The molecule has 0 unspecified atom stereocenters. The third-order valence-corrected chi connectivity index (χ3v) is 0.588. The Balaban J connectivity index is 2.99. The molecule has 0 aliphatic heterocycles. The SMILES string of the molecule is O=C(NI)OF. The number of amides is 1. The summed E-state index contributed by atoms with van der Waals surface area (Å²) in [5, 5.41) is 0. The van der Waals surface area contributed by atoms with E-state index in [0.29, 0.717) is 0 Å². The highest BCUT2D eigenvalue weighted by molar-refractivity contribution is 14.1. The van der Waals surface area contributed by atoms with Gasteiger partial charge in [0, 0.05) is 4.53 Å². The van der Waals surface area contributed by atoms with Crippen molar-refractivity contribution in [1.82, 2.24) is 3.53 Å². The number of carbonyl (C=O) groups is 1. The van der Waals surface area contributed by atoms with Crippen molar-refractivity contribution in [3.05, 3.63) is 0 Å². The van der Waals surface area contributed by atoms with Crippen molar-refractivity contribution < 1.29 is 14.3 Å². The summed E-state index contributed by atoms with van der Waals surface area (Å²) in [5.41, 5.74) is 0. The average molecular weight is 205 g/mol. The Morgan fingerprint density at radius 2 is 2.50 bits per heavy atom. The first kappa shape index (κ1) is 5.93. The van der Waals surface area contributed by atoms with Crippen molar-refractivity contribution >= 4 is 29.0 Å². The van der Waals surface area contributed by atoms with Gasteiger partial charge in [-0.2, -0.15) is 0 Å². The summed E-state index contributed by atoms with van der Waals surface area (Å²) in [6.07, 6.45) is -1.09. The van der Waals surface area contributed by atoms with Gasteiger partial charge >= 0.3 is 6.09 Å². The maximum absolute atomic E-state index is 10.5. The molecule has 0 radical (unpaired) electrons. The van der Waals surface area contributed by atoms with Gasteiger partial charge in [0.1, 0.15) is 0 Å². The van der Waals surface area contributed by atoms with Gasteiger partial charge < -0.3 is 0 Å². The zero-order valence-electron chi connectivity index (χ0n) is 2.57. The molecular weight excluding hydrogens is 204 g/mol. The Bertz CT molecular complexity index is 51.5. The summed E-state index contributed by atoms with van der Waals surface area (Å²) in [6, 6.07) is 0. The highest BCUT2D eigenvalue weighted by atomic mass is 127. The molecule has 0 saturated carbocycles. The minimum Gasteiger partial charge on any atom is -0.261 e. The summed E-state index contributed by atoms with van der Waals surface area (Å²) in [6.45, 7) is 0. The van der Waals surface area contributed by atoms with Crippen LogP contribution in [0.2, 0.25) is 0 Å². The summed E-state index contributed by atoms with van der Waals surface area (Å²) in [7, 11) is 0. The molecule has 0 bridgehead atoms. The number of hydrogen-bond donors (Lipinski definition) is 1. The third kappa shape index (κ3) is 2.18. The molecule has 0 aliphatic rings. The van der Waals surface area contributed by atoms with Crippen LogP contribution in [0.4, 0.5) is 9.32 Å². The predicted octanol–water partition coefficient (Wildman–Crippen LogP) is 0.947. The lowest BCUT2D eigenvalue weighted by molar-refractivity contribution is -0.0585. The standard InChI is InChI=1S/CHFINO2/c2-6-1(5)4-3/h(H,4,5). The van der Waals surface area contributed by atoms with Crippen LogP contribution in [0.15, 0.2) is 0 Å². The topological polar surface area (TPSA) is 38.3 Å². The van der Waals surface area contributed by atoms with Crippen LogP contribution >= 0.6 is 22.9 Å². The molecule has 0 aliphatic carbocycles. The number of nitrogens with one attached hydrogen (secondary N) is 1. The molecule has 1 amide bonds. The van der Waals surface area contributed by atoms with E-state index < -0.39 is 6.09 Å². The molecule has 36 valence electrons. The first-order valence-electron chi connectivity index (χ1n) is 1.00. The molecule has 3 nitrogen and oxygen atoms in total. The van der Waals surface area contributed by atoms with Crippen molar-refractivity contribution in [2.75, 3.05) is 0 Å². The number of rotatable bonds is 0. The van der Waals surface area contributed by atoms with E-state index >= 15 is 0 Å². The van der Waals surface area contributed by atoms with Crippen LogP contribution in [0.3, 0.4) is 0 Å². The summed E-state index contributed by atoms with van der Waals surface area (Å²) in [5.74, 6) is 0. The van der Waals surface area contributed by atoms with E-state index in [9.17, 15) is 9.32 Å². The van der Waals surface area contributed by atoms with E-state index in [2.05, 4.69) is 4.94 Å². The van der Waals surface area contributed by atoms with Gasteiger partial charge in [-0.05, 0) is 0 Å². The maximum atomic E-state index is 10.5. The van der Waals surface area contributed by atoms with Crippen LogP contribution in [0.25, 0.3) is 0 Å². The zero-order valence-corrected chi connectivity index (χ0v) is 4.73. The van der Waals surface area contributed by atoms with Gasteiger partial charge in [-0.3, -0.25) is 3.53 Å². The Kier molecular flexibility index (Phi) is 3.10. The molecule has 0 aromatic carbocycles. The van der Waals surface area contributed by atoms with Crippen LogP contribution in [0.1, 0.15) is 0 Å². The predicted molar refractivity (Wildman–Crippen MR) is 24.7 cm³/mol. The van der Waals surface area contributed by atoms with Crippen molar-refractivity contribution in [1.29, 1.82) is 0 Å². The highest BCUT2D eigenvalue weighted by Gasteiger charge is 1.92. The van der Waals surface area contributed by atoms with Gasteiger partial charge in [0.05, 0.1) is 22.9 Å². The Hall–Kier alpha value is -0.0700. The lowest BCUT2D eigenvalue weighted by atomic mass is 11.3. The minimum absolute atomic E-state index is 1.09.